The van der Waals surface area contributed by atoms with Gasteiger partial charge in [-0.05, 0) is 30.2 Å². The molecule has 0 saturated heterocycles. The summed E-state index contributed by atoms with van der Waals surface area (Å²) < 4.78 is 10.4. The van der Waals surface area contributed by atoms with Gasteiger partial charge in [-0.1, -0.05) is 30.3 Å². The molecule has 1 atom stereocenters. The minimum atomic E-state index is -0.992. The van der Waals surface area contributed by atoms with Crippen molar-refractivity contribution < 1.29 is 29.0 Å². The average molecular weight is 384 g/mol. The maximum atomic E-state index is 12.2. The molecule has 0 aromatic heterocycles. The van der Waals surface area contributed by atoms with Gasteiger partial charge in [0.15, 0.2) is 11.5 Å². The molecule has 3 N–H and O–H groups in total. The van der Waals surface area contributed by atoms with E-state index in [2.05, 4.69) is 10.6 Å². The van der Waals surface area contributed by atoms with Crippen LogP contribution in [0.3, 0.4) is 0 Å². The van der Waals surface area contributed by atoms with Crippen LogP contribution >= 0.6 is 0 Å². The van der Waals surface area contributed by atoms with Crippen molar-refractivity contribution in [1.82, 2.24) is 10.6 Å². The van der Waals surface area contributed by atoms with Crippen molar-refractivity contribution in [3.05, 3.63) is 59.7 Å². The molecular formula is C20H20N2O6. The van der Waals surface area contributed by atoms with Crippen LogP contribution in [0.25, 0.3) is 0 Å². The van der Waals surface area contributed by atoms with Crippen molar-refractivity contribution in [2.75, 3.05) is 19.9 Å². The molecule has 1 heterocycles. The van der Waals surface area contributed by atoms with E-state index >= 15 is 0 Å². The van der Waals surface area contributed by atoms with Gasteiger partial charge in [-0.15, -0.1) is 0 Å². The number of carbonyl (C=O) groups excluding carboxylic acids is 2. The summed E-state index contributed by atoms with van der Waals surface area (Å²) in [6.07, 6.45) is 0.306. The first-order chi connectivity index (χ1) is 13.5. The number of hydrogen-bond donors (Lipinski definition) is 3. The van der Waals surface area contributed by atoms with Gasteiger partial charge in [-0.25, -0.2) is 0 Å². The van der Waals surface area contributed by atoms with E-state index in [4.69, 9.17) is 9.47 Å². The number of benzene rings is 2. The van der Waals surface area contributed by atoms with Gasteiger partial charge in [0.25, 0.3) is 5.91 Å². The van der Waals surface area contributed by atoms with Crippen LogP contribution in [0, 0.1) is 5.92 Å². The van der Waals surface area contributed by atoms with E-state index < -0.39 is 23.7 Å². The maximum absolute atomic E-state index is 12.2. The smallest absolute Gasteiger partial charge is 0.308 e. The minimum absolute atomic E-state index is 0.0248. The second kappa shape index (κ2) is 8.90. The molecule has 146 valence electrons. The average Bonchev–Trinajstić information content (AvgIpc) is 3.17. The van der Waals surface area contributed by atoms with Gasteiger partial charge in [0.2, 0.25) is 12.7 Å². The van der Waals surface area contributed by atoms with Crippen molar-refractivity contribution in [2.24, 2.45) is 5.92 Å². The predicted octanol–water partition coefficient (Wildman–Crippen LogP) is 1.20. The molecule has 0 spiro atoms. The van der Waals surface area contributed by atoms with Crippen molar-refractivity contribution in [3.63, 3.8) is 0 Å². The lowest BCUT2D eigenvalue weighted by Crippen LogP contribution is -2.40. The molecule has 2 amide bonds. The fourth-order valence-corrected chi connectivity index (χ4v) is 2.75. The van der Waals surface area contributed by atoms with E-state index in [-0.39, 0.29) is 19.9 Å². The first-order valence-corrected chi connectivity index (χ1v) is 8.74. The highest BCUT2D eigenvalue weighted by Gasteiger charge is 2.20. The maximum Gasteiger partial charge on any atom is 0.308 e. The van der Waals surface area contributed by atoms with E-state index in [9.17, 15) is 19.5 Å². The number of fused-ring (bicyclic) bond motifs is 1. The third-order valence-electron chi connectivity index (χ3n) is 4.26. The van der Waals surface area contributed by atoms with Crippen LogP contribution in [0.15, 0.2) is 48.5 Å². The minimum Gasteiger partial charge on any atom is -0.481 e. The summed E-state index contributed by atoms with van der Waals surface area (Å²) >= 11 is 0. The molecule has 8 heteroatoms. The summed E-state index contributed by atoms with van der Waals surface area (Å²) in [6.45, 7) is -0.176. The number of rotatable bonds is 8. The quantitative estimate of drug-likeness (QED) is 0.630. The van der Waals surface area contributed by atoms with Crippen LogP contribution in [-0.4, -0.2) is 42.8 Å². The Kier molecular flexibility index (Phi) is 6.11. The number of aliphatic carboxylic acids is 1. The monoisotopic (exact) mass is 384 g/mol. The second-order valence-electron chi connectivity index (χ2n) is 6.28. The standard InChI is InChI=1S/C20H20N2O6/c23-18(21-10-15(20(25)26)8-13-4-2-1-3-5-13)11-22-19(24)14-6-7-16-17(9-14)28-12-27-16/h1-7,9,15H,8,10-12H2,(H,21,23)(H,22,24)(H,25,26). The van der Waals surface area contributed by atoms with Crippen molar-refractivity contribution >= 4 is 17.8 Å². The summed E-state index contributed by atoms with van der Waals surface area (Å²) in [6, 6.07) is 13.9. The number of nitrogens with one attached hydrogen (secondary N) is 2. The fraction of sp³-hybridized carbons (Fsp3) is 0.250. The third kappa shape index (κ3) is 5.00. The Bertz CT molecular complexity index is 868. The Labute approximate surface area is 161 Å². The van der Waals surface area contributed by atoms with Crippen LogP contribution in [0.2, 0.25) is 0 Å². The van der Waals surface area contributed by atoms with Crippen molar-refractivity contribution in [2.45, 2.75) is 6.42 Å². The van der Waals surface area contributed by atoms with E-state index in [0.29, 0.717) is 23.5 Å². The molecule has 8 nitrogen and oxygen atoms in total. The summed E-state index contributed by atoms with van der Waals surface area (Å²) in [4.78, 5) is 35.6. The Morgan fingerprint density at radius 1 is 1.00 bits per heavy atom. The predicted molar refractivity (Wildman–Crippen MR) is 99.2 cm³/mol. The number of carboxylic acids is 1. The fourth-order valence-electron chi connectivity index (χ4n) is 2.75. The molecule has 0 radical (unpaired) electrons. The molecule has 0 bridgehead atoms. The van der Waals surface area contributed by atoms with Crippen LogP contribution in [-0.2, 0) is 16.0 Å². The Balaban J connectivity index is 1.46. The van der Waals surface area contributed by atoms with Crippen LogP contribution < -0.4 is 20.1 Å². The first-order valence-electron chi connectivity index (χ1n) is 8.74. The molecule has 2 aromatic carbocycles. The molecule has 0 saturated carbocycles. The molecular weight excluding hydrogens is 364 g/mol. The summed E-state index contributed by atoms with van der Waals surface area (Å²) in [5, 5.41) is 14.4. The second-order valence-corrected chi connectivity index (χ2v) is 6.28. The highest BCUT2D eigenvalue weighted by atomic mass is 16.7. The number of carboxylic acid groups (broad SMARTS) is 1. The molecule has 0 fully saturated rings. The van der Waals surface area contributed by atoms with Crippen LogP contribution in [0.1, 0.15) is 15.9 Å². The summed E-state index contributed by atoms with van der Waals surface area (Å²) in [5.41, 5.74) is 1.21. The van der Waals surface area contributed by atoms with Crippen molar-refractivity contribution in [3.8, 4) is 11.5 Å². The van der Waals surface area contributed by atoms with Crippen molar-refractivity contribution in [1.29, 1.82) is 0 Å². The largest absolute Gasteiger partial charge is 0.481 e. The van der Waals surface area contributed by atoms with Crippen LogP contribution in [0.5, 0.6) is 11.5 Å². The highest BCUT2D eigenvalue weighted by Crippen LogP contribution is 2.32. The Morgan fingerprint density at radius 2 is 1.75 bits per heavy atom. The Hall–Kier alpha value is -3.55. The molecule has 1 aliphatic heterocycles. The van der Waals surface area contributed by atoms with Gasteiger partial charge in [-0.2, -0.15) is 0 Å². The molecule has 1 unspecified atom stereocenters. The van der Waals surface area contributed by atoms with E-state index in [1.165, 1.54) is 6.07 Å². The normalized spacial score (nSPS) is 12.9. The molecule has 1 aliphatic rings. The molecule has 28 heavy (non-hydrogen) atoms. The van der Waals surface area contributed by atoms with E-state index in [0.717, 1.165) is 5.56 Å². The van der Waals surface area contributed by atoms with Gasteiger partial charge in [0.1, 0.15) is 0 Å². The zero-order valence-electron chi connectivity index (χ0n) is 15.0. The van der Waals surface area contributed by atoms with E-state index in [1.54, 1.807) is 12.1 Å². The Morgan fingerprint density at radius 3 is 2.50 bits per heavy atom. The van der Waals surface area contributed by atoms with Gasteiger partial charge >= 0.3 is 5.97 Å². The topological polar surface area (TPSA) is 114 Å². The van der Waals surface area contributed by atoms with Gasteiger partial charge in [-0.3, -0.25) is 14.4 Å². The summed E-state index contributed by atoms with van der Waals surface area (Å²) in [7, 11) is 0. The molecule has 2 aromatic rings. The van der Waals surface area contributed by atoms with E-state index in [1.807, 2.05) is 30.3 Å². The number of ether oxygens (including phenoxy) is 2. The highest BCUT2D eigenvalue weighted by molar-refractivity contribution is 5.97. The number of amides is 2. The lowest BCUT2D eigenvalue weighted by molar-refractivity contribution is -0.141. The van der Waals surface area contributed by atoms with Crippen LogP contribution in [0.4, 0.5) is 0 Å². The van der Waals surface area contributed by atoms with Gasteiger partial charge in [0.05, 0.1) is 12.5 Å². The third-order valence-corrected chi connectivity index (χ3v) is 4.26. The summed E-state index contributed by atoms with van der Waals surface area (Å²) in [5.74, 6) is -1.61. The zero-order valence-corrected chi connectivity index (χ0v) is 15.0. The number of hydrogen-bond acceptors (Lipinski definition) is 5. The number of carbonyl (C=O) groups is 3. The lowest BCUT2D eigenvalue weighted by atomic mass is 9.99. The zero-order chi connectivity index (χ0) is 19.9. The molecule has 3 rings (SSSR count). The van der Waals surface area contributed by atoms with Gasteiger partial charge in [0, 0.05) is 12.1 Å². The molecule has 0 aliphatic carbocycles. The van der Waals surface area contributed by atoms with Gasteiger partial charge < -0.3 is 25.2 Å². The SMILES string of the molecule is O=C(CNC(=O)c1ccc2c(c1)OCO2)NCC(Cc1ccccc1)C(=O)O. The first kappa shape index (κ1) is 19.2. The lowest BCUT2D eigenvalue weighted by Gasteiger charge is -2.14.